The van der Waals surface area contributed by atoms with Crippen LogP contribution in [0.25, 0.3) is 0 Å². The second-order valence-electron chi connectivity index (χ2n) is 21.0. The maximum atomic E-state index is 12.8. The Morgan fingerprint density at radius 1 is 0.276 bits per heavy atom. The minimum atomic E-state index is -0.778. The summed E-state index contributed by atoms with van der Waals surface area (Å²) in [5.74, 6) is -0.888. The predicted molar refractivity (Wildman–Crippen MR) is 330 cm³/mol. The van der Waals surface area contributed by atoms with Gasteiger partial charge in [-0.1, -0.05) is 297 Å². The summed E-state index contributed by atoms with van der Waals surface area (Å²) in [5, 5.41) is 0. The van der Waals surface area contributed by atoms with E-state index in [9.17, 15) is 14.4 Å². The molecule has 0 N–H and O–H groups in total. The Bertz CT molecular complexity index is 1540. The summed E-state index contributed by atoms with van der Waals surface area (Å²) in [5.41, 5.74) is 0. The van der Waals surface area contributed by atoms with E-state index in [2.05, 4.69) is 130 Å². The standard InChI is InChI=1S/C70H118O6/c1-4-7-10-13-16-18-20-22-24-26-27-28-29-30-31-32-33-34-35-36-37-38-39-40-41-42-43-44-46-47-49-51-54-57-60-63-69(72)75-66-67(65-74-68(71)62-59-56-53-15-12-9-6-3)76-70(73)64-61-58-55-52-50-48-45-25-23-21-19-17-14-11-8-5-2/h7,10,16,18,22,24,27-28,30-31,33-34,36-37,39-40,42-43,67H,4-6,8-9,11-15,17,19-21,23,25-26,29,32,35,38,41,44-66H2,1-3H3/b10-7-,18-16-,24-22-,28-27-,31-30-,34-33-,37-36-,40-39-,43-42-. The Kier molecular flexibility index (Phi) is 60.3. The van der Waals surface area contributed by atoms with Crippen LogP contribution in [0.5, 0.6) is 0 Å². The van der Waals surface area contributed by atoms with E-state index in [-0.39, 0.29) is 31.1 Å². The zero-order valence-corrected chi connectivity index (χ0v) is 49.7. The SMILES string of the molecule is CC/C=C\C/C=C\C/C=C\C/C=C\C/C=C\C/C=C\C/C=C\C/C=C\C/C=C\CCCCCCCCCC(=O)OCC(COC(=O)CCCCCCCCC)OC(=O)CCCCCCCCCCCCCCCCCC. The molecule has 6 nitrogen and oxygen atoms in total. The summed E-state index contributed by atoms with van der Waals surface area (Å²) in [4.78, 5) is 38.0. The molecule has 1 unspecified atom stereocenters. The average molecular weight is 1060 g/mol. The molecule has 0 saturated heterocycles. The number of allylic oxidation sites excluding steroid dienone is 18. The van der Waals surface area contributed by atoms with Crippen LogP contribution >= 0.6 is 0 Å². The summed E-state index contributed by atoms with van der Waals surface area (Å²) in [7, 11) is 0. The van der Waals surface area contributed by atoms with Crippen LogP contribution in [0.4, 0.5) is 0 Å². The Labute approximate surface area is 470 Å². The number of esters is 3. The predicted octanol–water partition coefficient (Wildman–Crippen LogP) is 21.8. The van der Waals surface area contributed by atoms with E-state index >= 15 is 0 Å². The van der Waals surface area contributed by atoms with Gasteiger partial charge in [-0.15, -0.1) is 0 Å². The molecule has 6 heteroatoms. The number of unbranched alkanes of at least 4 members (excludes halogenated alkanes) is 28. The molecule has 0 saturated carbocycles. The van der Waals surface area contributed by atoms with Crippen molar-refractivity contribution in [3.05, 3.63) is 109 Å². The molecule has 0 bridgehead atoms. The molecule has 0 radical (unpaired) electrons. The van der Waals surface area contributed by atoms with E-state index < -0.39 is 6.10 Å². The molecule has 0 heterocycles. The van der Waals surface area contributed by atoms with Gasteiger partial charge < -0.3 is 14.2 Å². The minimum absolute atomic E-state index is 0.0781. The van der Waals surface area contributed by atoms with Crippen molar-refractivity contribution in [1.82, 2.24) is 0 Å². The topological polar surface area (TPSA) is 78.9 Å². The van der Waals surface area contributed by atoms with Crippen LogP contribution in [0, 0.1) is 0 Å². The number of carbonyl (C=O) groups is 3. The molecule has 76 heavy (non-hydrogen) atoms. The van der Waals surface area contributed by atoms with Gasteiger partial charge in [0, 0.05) is 19.3 Å². The molecule has 0 aliphatic rings. The largest absolute Gasteiger partial charge is 0.462 e. The lowest BCUT2D eigenvalue weighted by molar-refractivity contribution is -0.167. The number of hydrogen-bond acceptors (Lipinski definition) is 6. The van der Waals surface area contributed by atoms with E-state index in [1.54, 1.807) is 0 Å². The Balaban J connectivity index is 4.12. The second-order valence-corrected chi connectivity index (χ2v) is 21.0. The molecule has 0 spiro atoms. The molecule has 0 aromatic rings. The summed E-state index contributed by atoms with van der Waals surface area (Å²) >= 11 is 0. The van der Waals surface area contributed by atoms with Crippen molar-refractivity contribution in [2.24, 2.45) is 0 Å². The zero-order valence-electron chi connectivity index (χ0n) is 49.7. The van der Waals surface area contributed by atoms with Gasteiger partial charge >= 0.3 is 17.9 Å². The fourth-order valence-corrected chi connectivity index (χ4v) is 8.79. The lowest BCUT2D eigenvalue weighted by atomic mass is 10.0. The molecule has 0 amide bonds. The molecule has 0 fully saturated rings. The molecular weight excluding hydrogens is 937 g/mol. The molecule has 0 aromatic carbocycles. The lowest BCUT2D eigenvalue weighted by Gasteiger charge is -2.18. The van der Waals surface area contributed by atoms with Crippen LogP contribution in [0.3, 0.4) is 0 Å². The normalized spacial score (nSPS) is 12.8. The number of hydrogen-bond donors (Lipinski definition) is 0. The van der Waals surface area contributed by atoms with E-state index in [0.29, 0.717) is 19.3 Å². The van der Waals surface area contributed by atoms with Crippen molar-refractivity contribution >= 4 is 17.9 Å². The van der Waals surface area contributed by atoms with Gasteiger partial charge in [0.25, 0.3) is 0 Å². The highest BCUT2D eigenvalue weighted by Crippen LogP contribution is 2.16. The van der Waals surface area contributed by atoms with E-state index in [0.717, 1.165) is 122 Å². The molecule has 1 atom stereocenters. The first-order valence-corrected chi connectivity index (χ1v) is 31.9. The van der Waals surface area contributed by atoms with E-state index in [1.807, 2.05) is 0 Å². The van der Waals surface area contributed by atoms with Crippen LogP contribution in [0.2, 0.25) is 0 Å². The minimum Gasteiger partial charge on any atom is -0.462 e. The first-order valence-electron chi connectivity index (χ1n) is 31.9. The molecule has 0 aliphatic heterocycles. The van der Waals surface area contributed by atoms with Crippen LogP contribution in [0.1, 0.15) is 297 Å². The molecule has 0 aromatic heterocycles. The van der Waals surface area contributed by atoms with Crippen LogP contribution in [-0.4, -0.2) is 37.2 Å². The first kappa shape index (κ1) is 72.1. The Morgan fingerprint density at radius 3 is 0.803 bits per heavy atom. The molecule has 0 rings (SSSR count). The third-order valence-electron chi connectivity index (χ3n) is 13.5. The van der Waals surface area contributed by atoms with Gasteiger partial charge in [-0.2, -0.15) is 0 Å². The van der Waals surface area contributed by atoms with Crippen LogP contribution < -0.4 is 0 Å². The highest BCUT2D eigenvalue weighted by molar-refractivity contribution is 5.71. The van der Waals surface area contributed by atoms with Crippen molar-refractivity contribution in [2.45, 2.75) is 303 Å². The Morgan fingerprint density at radius 2 is 0.513 bits per heavy atom. The molecule has 0 aliphatic carbocycles. The fourth-order valence-electron chi connectivity index (χ4n) is 8.79. The molecular formula is C70H118O6. The average Bonchev–Trinajstić information content (AvgIpc) is 3.42. The lowest BCUT2D eigenvalue weighted by Crippen LogP contribution is -2.30. The van der Waals surface area contributed by atoms with Gasteiger partial charge in [0.05, 0.1) is 0 Å². The van der Waals surface area contributed by atoms with Crippen molar-refractivity contribution in [2.75, 3.05) is 13.2 Å². The highest BCUT2D eigenvalue weighted by atomic mass is 16.6. The maximum absolute atomic E-state index is 12.8. The number of carbonyl (C=O) groups excluding carboxylic acids is 3. The van der Waals surface area contributed by atoms with Crippen molar-refractivity contribution < 1.29 is 28.6 Å². The third kappa shape index (κ3) is 60.9. The second kappa shape index (κ2) is 63.6. The van der Waals surface area contributed by atoms with Crippen LogP contribution in [0.15, 0.2) is 109 Å². The maximum Gasteiger partial charge on any atom is 0.306 e. The van der Waals surface area contributed by atoms with Crippen molar-refractivity contribution in [3.8, 4) is 0 Å². The van der Waals surface area contributed by atoms with Crippen molar-refractivity contribution in [1.29, 1.82) is 0 Å². The van der Waals surface area contributed by atoms with Gasteiger partial charge in [0.15, 0.2) is 6.10 Å². The van der Waals surface area contributed by atoms with Gasteiger partial charge in [-0.25, -0.2) is 0 Å². The van der Waals surface area contributed by atoms with Gasteiger partial charge in [0.2, 0.25) is 0 Å². The van der Waals surface area contributed by atoms with E-state index in [1.165, 1.54) is 135 Å². The van der Waals surface area contributed by atoms with E-state index in [4.69, 9.17) is 14.2 Å². The quantitative estimate of drug-likeness (QED) is 0.0261. The zero-order chi connectivity index (χ0) is 55.0. The monoisotopic (exact) mass is 1050 g/mol. The smallest absolute Gasteiger partial charge is 0.306 e. The van der Waals surface area contributed by atoms with Gasteiger partial charge in [-0.05, 0) is 89.9 Å². The van der Waals surface area contributed by atoms with Crippen LogP contribution in [-0.2, 0) is 28.6 Å². The third-order valence-corrected chi connectivity index (χ3v) is 13.5. The van der Waals surface area contributed by atoms with Gasteiger partial charge in [-0.3, -0.25) is 14.4 Å². The number of rotatable bonds is 57. The number of ether oxygens (including phenoxy) is 3. The molecule has 434 valence electrons. The highest BCUT2D eigenvalue weighted by Gasteiger charge is 2.19. The Hall–Kier alpha value is -3.93. The summed E-state index contributed by atoms with van der Waals surface area (Å²) in [6.07, 6.45) is 86.9. The summed E-state index contributed by atoms with van der Waals surface area (Å²) in [6.45, 7) is 6.49. The summed E-state index contributed by atoms with van der Waals surface area (Å²) in [6, 6.07) is 0. The van der Waals surface area contributed by atoms with Gasteiger partial charge in [0.1, 0.15) is 13.2 Å². The summed E-state index contributed by atoms with van der Waals surface area (Å²) < 4.78 is 16.8. The first-order chi connectivity index (χ1) is 37.5. The fraction of sp³-hybridized carbons (Fsp3) is 0.700. The van der Waals surface area contributed by atoms with Crippen molar-refractivity contribution in [3.63, 3.8) is 0 Å².